The van der Waals surface area contributed by atoms with Crippen LogP contribution in [0, 0.1) is 13.8 Å². The molecule has 2 unspecified atom stereocenters. The normalized spacial score (nSPS) is 14.5. The smallest absolute Gasteiger partial charge is 0.0644 e. The quantitative estimate of drug-likeness (QED) is 0.673. The van der Waals surface area contributed by atoms with Crippen LogP contribution in [-0.2, 0) is 6.54 Å². The summed E-state index contributed by atoms with van der Waals surface area (Å²) in [6, 6.07) is 0.960. The molecule has 0 spiro atoms. The first-order chi connectivity index (χ1) is 9.51. The molecule has 0 aromatic carbocycles. The van der Waals surface area contributed by atoms with E-state index in [1.807, 2.05) is 0 Å². The summed E-state index contributed by atoms with van der Waals surface area (Å²) in [5.41, 5.74) is 3.86. The van der Waals surface area contributed by atoms with Crippen molar-refractivity contribution in [3.8, 4) is 0 Å². The zero-order valence-corrected chi connectivity index (χ0v) is 14.3. The number of nitrogens with zero attached hydrogens (tertiary/aromatic N) is 2. The molecule has 0 radical (unpaired) electrons. The Kier molecular flexibility index (Phi) is 7.28. The molecule has 0 aliphatic carbocycles. The summed E-state index contributed by atoms with van der Waals surface area (Å²) in [5.74, 6) is 0. The lowest BCUT2D eigenvalue weighted by Gasteiger charge is -2.21. The van der Waals surface area contributed by atoms with E-state index >= 15 is 0 Å². The third-order valence-corrected chi connectivity index (χ3v) is 4.20. The van der Waals surface area contributed by atoms with Gasteiger partial charge in [-0.15, -0.1) is 0 Å². The van der Waals surface area contributed by atoms with E-state index in [2.05, 4.69) is 56.6 Å². The predicted molar refractivity (Wildman–Crippen MR) is 87.1 cm³/mol. The third kappa shape index (κ3) is 4.62. The molecule has 0 saturated heterocycles. The molecule has 0 amide bonds. The fourth-order valence-electron chi connectivity index (χ4n) is 3.12. The summed E-state index contributed by atoms with van der Waals surface area (Å²) in [4.78, 5) is 0. The number of aryl methyl sites for hydroxylation is 2. The molecule has 116 valence electrons. The SMILES string of the molecule is CCCCCCC(C)NC(C)c1c(C)nn(CC)c1C. The Bertz CT molecular complexity index is 395. The molecule has 3 nitrogen and oxygen atoms in total. The molecule has 1 aromatic heterocycles. The van der Waals surface area contributed by atoms with Gasteiger partial charge in [-0.05, 0) is 41.0 Å². The molecule has 0 aliphatic heterocycles. The van der Waals surface area contributed by atoms with E-state index in [0.717, 1.165) is 6.54 Å². The Hall–Kier alpha value is -0.830. The minimum absolute atomic E-state index is 0.386. The lowest BCUT2D eigenvalue weighted by atomic mass is 10.0. The molecule has 1 rings (SSSR count). The molecule has 0 aliphatic rings. The van der Waals surface area contributed by atoms with E-state index in [0.29, 0.717) is 12.1 Å². The summed E-state index contributed by atoms with van der Waals surface area (Å²) in [6.45, 7) is 14.2. The summed E-state index contributed by atoms with van der Waals surface area (Å²) >= 11 is 0. The number of unbranched alkanes of at least 4 members (excludes halogenated alkanes) is 3. The van der Waals surface area contributed by atoms with Crippen molar-refractivity contribution in [2.24, 2.45) is 0 Å². The van der Waals surface area contributed by atoms with Gasteiger partial charge in [-0.25, -0.2) is 0 Å². The summed E-state index contributed by atoms with van der Waals surface area (Å²) < 4.78 is 2.11. The van der Waals surface area contributed by atoms with Gasteiger partial charge in [0.25, 0.3) is 0 Å². The van der Waals surface area contributed by atoms with Crippen LogP contribution in [0.25, 0.3) is 0 Å². The van der Waals surface area contributed by atoms with Gasteiger partial charge in [0.15, 0.2) is 0 Å². The number of aromatic nitrogens is 2. The first kappa shape index (κ1) is 17.2. The van der Waals surface area contributed by atoms with Crippen LogP contribution < -0.4 is 5.32 Å². The van der Waals surface area contributed by atoms with Gasteiger partial charge in [-0.3, -0.25) is 4.68 Å². The Labute approximate surface area is 125 Å². The largest absolute Gasteiger partial charge is 0.308 e. The van der Waals surface area contributed by atoms with Crippen LogP contribution in [0.3, 0.4) is 0 Å². The van der Waals surface area contributed by atoms with Crippen molar-refractivity contribution >= 4 is 0 Å². The average molecular weight is 279 g/mol. The monoisotopic (exact) mass is 279 g/mol. The first-order valence-corrected chi connectivity index (χ1v) is 8.31. The zero-order valence-electron chi connectivity index (χ0n) is 14.3. The van der Waals surface area contributed by atoms with Crippen LogP contribution in [0.15, 0.2) is 0 Å². The van der Waals surface area contributed by atoms with Gasteiger partial charge >= 0.3 is 0 Å². The highest BCUT2D eigenvalue weighted by molar-refractivity contribution is 5.27. The Balaban J connectivity index is 2.53. The Morgan fingerprint density at radius 3 is 2.35 bits per heavy atom. The van der Waals surface area contributed by atoms with Crippen LogP contribution in [0.2, 0.25) is 0 Å². The van der Waals surface area contributed by atoms with Crippen molar-refractivity contribution in [2.75, 3.05) is 0 Å². The van der Waals surface area contributed by atoms with Gasteiger partial charge < -0.3 is 5.32 Å². The molecule has 0 fully saturated rings. The highest BCUT2D eigenvalue weighted by Gasteiger charge is 2.18. The molecule has 3 heteroatoms. The fraction of sp³-hybridized carbons (Fsp3) is 0.824. The minimum Gasteiger partial charge on any atom is -0.308 e. The van der Waals surface area contributed by atoms with Gasteiger partial charge in [-0.1, -0.05) is 32.6 Å². The maximum atomic E-state index is 4.62. The van der Waals surface area contributed by atoms with Gasteiger partial charge in [0.2, 0.25) is 0 Å². The molecule has 0 bridgehead atoms. The average Bonchev–Trinajstić information content (AvgIpc) is 2.69. The first-order valence-electron chi connectivity index (χ1n) is 8.31. The molecule has 1 heterocycles. The maximum Gasteiger partial charge on any atom is 0.0644 e. The summed E-state index contributed by atoms with van der Waals surface area (Å²) in [6.07, 6.45) is 6.64. The third-order valence-electron chi connectivity index (χ3n) is 4.20. The second kappa shape index (κ2) is 8.46. The van der Waals surface area contributed by atoms with Crippen molar-refractivity contribution < 1.29 is 0 Å². The van der Waals surface area contributed by atoms with Crippen molar-refractivity contribution in [3.05, 3.63) is 17.0 Å². The van der Waals surface area contributed by atoms with E-state index in [1.54, 1.807) is 0 Å². The Morgan fingerprint density at radius 2 is 1.80 bits per heavy atom. The molecular weight excluding hydrogens is 246 g/mol. The molecule has 1 N–H and O–H groups in total. The van der Waals surface area contributed by atoms with E-state index < -0.39 is 0 Å². The van der Waals surface area contributed by atoms with E-state index in [1.165, 1.54) is 49.1 Å². The van der Waals surface area contributed by atoms with Crippen LogP contribution in [-0.4, -0.2) is 15.8 Å². The maximum absolute atomic E-state index is 4.62. The predicted octanol–water partition coefficient (Wildman–Crippen LogP) is 4.53. The number of hydrogen-bond donors (Lipinski definition) is 1. The second-order valence-electron chi connectivity index (χ2n) is 6.04. The molecule has 1 aromatic rings. The number of rotatable bonds is 9. The minimum atomic E-state index is 0.386. The standard InChI is InChI=1S/C17H33N3/c1-7-9-10-11-12-13(3)18-14(4)17-15(5)19-20(8-2)16(17)6/h13-14,18H,7-12H2,1-6H3. The Morgan fingerprint density at radius 1 is 1.10 bits per heavy atom. The van der Waals surface area contributed by atoms with E-state index in [-0.39, 0.29) is 0 Å². The summed E-state index contributed by atoms with van der Waals surface area (Å²) in [7, 11) is 0. The lowest BCUT2D eigenvalue weighted by Crippen LogP contribution is -2.29. The van der Waals surface area contributed by atoms with E-state index in [9.17, 15) is 0 Å². The van der Waals surface area contributed by atoms with Crippen LogP contribution in [0.5, 0.6) is 0 Å². The van der Waals surface area contributed by atoms with Crippen molar-refractivity contribution in [1.82, 2.24) is 15.1 Å². The fourth-order valence-corrected chi connectivity index (χ4v) is 3.12. The second-order valence-corrected chi connectivity index (χ2v) is 6.04. The lowest BCUT2D eigenvalue weighted by molar-refractivity contribution is 0.436. The topological polar surface area (TPSA) is 29.9 Å². The van der Waals surface area contributed by atoms with Crippen molar-refractivity contribution in [1.29, 1.82) is 0 Å². The van der Waals surface area contributed by atoms with Crippen LogP contribution >= 0.6 is 0 Å². The van der Waals surface area contributed by atoms with Gasteiger partial charge in [0.05, 0.1) is 5.69 Å². The van der Waals surface area contributed by atoms with E-state index in [4.69, 9.17) is 0 Å². The molecular formula is C17H33N3. The van der Waals surface area contributed by atoms with Crippen molar-refractivity contribution in [2.45, 2.75) is 92.3 Å². The number of nitrogens with one attached hydrogen (secondary N) is 1. The summed E-state index contributed by atoms with van der Waals surface area (Å²) in [5, 5.41) is 8.36. The van der Waals surface area contributed by atoms with Crippen molar-refractivity contribution in [3.63, 3.8) is 0 Å². The zero-order chi connectivity index (χ0) is 15.1. The van der Waals surface area contributed by atoms with Gasteiger partial charge in [-0.2, -0.15) is 5.10 Å². The van der Waals surface area contributed by atoms with Crippen LogP contribution in [0.4, 0.5) is 0 Å². The van der Waals surface area contributed by atoms with Gasteiger partial charge in [0.1, 0.15) is 0 Å². The van der Waals surface area contributed by atoms with Gasteiger partial charge in [0, 0.05) is 29.9 Å². The molecule has 20 heavy (non-hydrogen) atoms. The molecule has 2 atom stereocenters. The number of hydrogen-bond acceptors (Lipinski definition) is 2. The molecule has 0 saturated carbocycles. The highest BCUT2D eigenvalue weighted by Crippen LogP contribution is 2.22. The highest BCUT2D eigenvalue weighted by atomic mass is 15.3. The van der Waals surface area contributed by atoms with Crippen LogP contribution in [0.1, 0.15) is 82.8 Å².